The van der Waals surface area contributed by atoms with E-state index in [1.807, 2.05) is 18.2 Å². The summed E-state index contributed by atoms with van der Waals surface area (Å²) in [4.78, 5) is 8.58. The molecule has 0 amide bonds. The predicted molar refractivity (Wildman–Crippen MR) is 136 cm³/mol. The van der Waals surface area contributed by atoms with Crippen LogP contribution in [-0.4, -0.2) is 37.0 Å². The van der Waals surface area contributed by atoms with Gasteiger partial charge in [0.15, 0.2) is 5.96 Å². The van der Waals surface area contributed by atoms with Crippen molar-refractivity contribution in [1.29, 1.82) is 0 Å². The second-order valence-corrected chi connectivity index (χ2v) is 8.54. The van der Waals surface area contributed by atoms with Crippen LogP contribution in [0.3, 0.4) is 0 Å². The Morgan fingerprint density at radius 3 is 2.58 bits per heavy atom. The molecule has 1 fully saturated rings. The van der Waals surface area contributed by atoms with Crippen LogP contribution in [0.15, 0.2) is 68.1 Å². The molecule has 1 unspecified atom stereocenters. The van der Waals surface area contributed by atoms with Crippen molar-refractivity contribution < 1.29 is 8.83 Å². The van der Waals surface area contributed by atoms with E-state index in [2.05, 4.69) is 39.1 Å². The number of nitrogens with one attached hydrogen (secondary N) is 2. The Morgan fingerprint density at radius 2 is 1.87 bits per heavy atom. The molecule has 1 aliphatic rings. The summed E-state index contributed by atoms with van der Waals surface area (Å²) in [6.45, 7) is 4.41. The number of halogens is 1. The smallest absolute Gasteiger partial charge is 0.191 e. The van der Waals surface area contributed by atoms with Crippen LogP contribution in [0.25, 0.3) is 0 Å². The first kappa shape index (κ1) is 23.9. The Hall–Kier alpha value is -1.78. The minimum absolute atomic E-state index is 0. The summed E-state index contributed by atoms with van der Waals surface area (Å²) in [5, 5.41) is 9.11. The quantitative estimate of drug-likeness (QED) is 0.220. The maximum Gasteiger partial charge on any atom is 0.191 e. The van der Waals surface area contributed by atoms with Crippen molar-refractivity contribution in [2.45, 2.75) is 38.3 Å². The summed E-state index contributed by atoms with van der Waals surface area (Å²) in [5.74, 6) is 2.81. The molecule has 0 bridgehead atoms. The summed E-state index contributed by atoms with van der Waals surface area (Å²) >= 11 is 1.73. The molecule has 0 saturated carbocycles. The van der Waals surface area contributed by atoms with Gasteiger partial charge in [-0.25, -0.2) is 4.99 Å². The average Bonchev–Trinajstić information content (AvgIpc) is 3.56. The van der Waals surface area contributed by atoms with Crippen molar-refractivity contribution >= 4 is 41.3 Å². The molecule has 4 heterocycles. The predicted octanol–water partition coefficient (Wildman–Crippen LogP) is 5.06. The molecule has 1 atom stereocenters. The highest BCUT2D eigenvalue weighted by molar-refractivity contribution is 14.0. The second-order valence-electron chi connectivity index (χ2n) is 7.51. The van der Waals surface area contributed by atoms with Crippen molar-refractivity contribution in [1.82, 2.24) is 15.5 Å². The lowest BCUT2D eigenvalue weighted by molar-refractivity contribution is 0.146. The molecule has 8 heteroatoms. The van der Waals surface area contributed by atoms with Gasteiger partial charge in [-0.1, -0.05) is 12.5 Å². The van der Waals surface area contributed by atoms with Crippen molar-refractivity contribution in [3.8, 4) is 0 Å². The van der Waals surface area contributed by atoms with Crippen LogP contribution in [0.4, 0.5) is 0 Å². The summed E-state index contributed by atoms with van der Waals surface area (Å²) < 4.78 is 11.2. The third-order valence-electron chi connectivity index (χ3n) is 5.38. The SMILES string of the molecule is I.c1coc(CCNC(=NCc2cccs2)NCC(c2ccco2)N2CCCCC2)c1. The van der Waals surface area contributed by atoms with Gasteiger partial charge in [-0.05, 0) is 61.6 Å². The molecule has 31 heavy (non-hydrogen) atoms. The van der Waals surface area contributed by atoms with E-state index in [4.69, 9.17) is 13.8 Å². The van der Waals surface area contributed by atoms with Gasteiger partial charge in [-0.3, -0.25) is 4.90 Å². The van der Waals surface area contributed by atoms with Crippen LogP contribution < -0.4 is 10.6 Å². The molecule has 0 radical (unpaired) electrons. The Morgan fingerprint density at radius 1 is 1.03 bits per heavy atom. The lowest BCUT2D eigenvalue weighted by Crippen LogP contribution is -2.44. The Balaban J connectivity index is 0.00000272. The monoisotopic (exact) mass is 554 g/mol. The molecular weight excluding hydrogens is 523 g/mol. The second kappa shape index (κ2) is 12.9. The first-order valence-corrected chi connectivity index (χ1v) is 11.6. The highest BCUT2D eigenvalue weighted by Gasteiger charge is 2.24. The van der Waals surface area contributed by atoms with Crippen molar-refractivity contribution in [2.24, 2.45) is 4.99 Å². The van der Waals surface area contributed by atoms with Crippen LogP contribution in [0.2, 0.25) is 0 Å². The fourth-order valence-electron chi connectivity index (χ4n) is 3.81. The number of piperidine rings is 1. The highest BCUT2D eigenvalue weighted by Crippen LogP contribution is 2.24. The maximum atomic E-state index is 5.78. The molecule has 1 aliphatic heterocycles. The number of hydrogen-bond acceptors (Lipinski definition) is 5. The molecular formula is C23H31IN4O2S. The lowest BCUT2D eigenvalue weighted by atomic mass is 10.1. The van der Waals surface area contributed by atoms with Crippen LogP contribution in [0.5, 0.6) is 0 Å². The number of likely N-dealkylation sites (tertiary alicyclic amines) is 1. The standard InChI is InChI=1S/C23H30N4O2S.HI/c1-2-12-27(13-3-1)21(22-9-5-15-29-22)18-26-23(25-17-20-8-6-16-30-20)24-11-10-19-7-4-14-28-19;/h4-9,14-16,21H,1-3,10-13,17-18H2,(H2,24,25,26);1H. The van der Waals surface area contributed by atoms with Crippen LogP contribution >= 0.6 is 35.3 Å². The van der Waals surface area contributed by atoms with E-state index in [9.17, 15) is 0 Å². The molecule has 2 N–H and O–H groups in total. The van der Waals surface area contributed by atoms with Gasteiger partial charge in [0.1, 0.15) is 11.5 Å². The summed E-state index contributed by atoms with van der Waals surface area (Å²) in [6, 6.07) is 12.4. The van der Waals surface area contributed by atoms with Gasteiger partial charge in [0.25, 0.3) is 0 Å². The minimum Gasteiger partial charge on any atom is -0.469 e. The van der Waals surface area contributed by atoms with Gasteiger partial charge in [0.2, 0.25) is 0 Å². The number of guanidine groups is 1. The van der Waals surface area contributed by atoms with Crippen molar-refractivity contribution in [3.63, 3.8) is 0 Å². The molecule has 6 nitrogen and oxygen atoms in total. The summed E-state index contributed by atoms with van der Waals surface area (Å²) in [6.07, 6.45) is 8.11. The topological polar surface area (TPSA) is 65.9 Å². The van der Waals surface area contributed by atoms with E-state index in [0.717, 1.165) is 50.1 Å². The first-order chi connectivity index (χ1) is 14.9. The zero-order valence-electron chi connectivity index (χ0n) is 17.7. The number of aliphatic imine (C=N–C) groups is 1. The Labute approximate surface area is 205 Å². The summed E-state index contributed by atoms with van der Waals surface area (Å²) in [5.41, 5.74) is 0. The first-order valence-electron chi connectivity index (χ1n) is 10.7. The molecule has 168 valence electrons. The van der Waals surface area contributed by atoms with E-state index in [-0.39, 0.29) is 30.0 Å². The number of nitrogens with zero attached hydrogens (tertiary/aromatic N) is 2. The fraction of sp³-hybridized carbons (Fsp3) is 0.435. The van der Waals surface area contributed by atoms with Crippen LogP contribution in [0.1, 0.15) is 41.7 Å². The number of rotatable bonds is 9. The van der Waals surface area contributed by atoms with E-state index >= 15 is 0 Å². The third kappa shape index (κ3) is 7.40. The van der Waals surface area contributed by atoms with Gasteiger partial charge in [0.05, 0.1) is 25.1 Å². The number of furan rings is 2. The summed E-state index contributed by atoms with van der Waals surface area (Å²) in [7, 11) is 0. The Bertz CT molecular complexity index is 860. The molecule has 0 aliphatic carbocycles. The van der Waals surface area contributed by atoms with Gasteiger partial charge in [-0.15, -0.1) is 35.3 Å². The maximum absolute atomic E-state index is 5.78. The van der Waals surface area contributed by atoms with E-state index in [1.54, 1.807) is 23.9 Å². The third-order valence-corrected chi connectivity index (χ3v) is 6.24. The number of thiophene rings is 1. The van der Waals surface area contributed by atoms with E-state index in [0.29, 0.717) is 6.54 Å². The van der Waals surface area contributed by atoms with Crippen LogP contribution in [0, 0.1) is 0 Å². The number of hydrogen-bond donors (Lipinski definition) is 2. The highest BCUT2D eigenvalue weighted by atomic mass is 127. The normalized spacial score (nSPS) is 15.9. The largest absolute Gasteiger partial charge is 0.469 e. The zero-order valence-corrected chi connectivity index (χ0v) is 20.8. The molecule has 3 aromatic rings. The van der Waals surface area contributed by atoms with Gasteiger partial charge < -0.3 is 19.5 Å². The molecule has 0 aromatic carbocycles. The molecule has 3 aromatic heterocycles. The van der Waals surface area contributed by atoms with Gasteiger partial charge >= 0.3 is 0 Å². The van der Waals surface area contributed by atoms with Crippen LogP contribution in [-0.2, 0) is 13.0 Å². The van der Waals surface area contributed by atoms with Gasteiger partial charge in [-0.2, -0.15) is 0 Å². The van der Waals surface area contributed by atoms with Crippen molar-refractivity contribution in [2.75, 3.05) is 26.2 Å². The average molecular weight is 554 g/mol. The molecule has 0 spiro atoms. The van der Waals surface area contributed by atoms with Gasteiger partial charge in [0, 0.05) is 24.4 Å². The molecule has 1 saturated heterocycles. The Kier molecular flexibility index (Phi) is 9.95. The van der Waals surface area contributed by atoms with E-state index < -0.39 is 0 Å². The molecule has 4 rings (SSSR count). The minimum atomic E-state index is 0. The fourth-order valence-corrected chi connectivity index (χ4v) is 4.43. The van der Waals surface area contributed by atoms with E-state index in [1.165, 1.54) is 24.1 Å². The lowest BCUT2D eigenvalue weighted by Gasteiger charge is -2.33. The zero-order chi connectivity index (χ0) is 20.4. The van der Waals surface area contributed by atoms with Crippen molar-refractivity contribution in [3.05, 3.63) is 70.7 Å².